The second-order valence-corrected chi connectivity index (χ2v) is 10.2. The van der Waals surface area contributed by atoms with Gasteiger partial charge in [-0.15, -0.1) is 0 Å². The molecule has 0 spiro atoms. The molecule has 2 aliphatic rings. The van der Waals surface area contributed by atoms with Crippen molar-refractivity contribution in [2.45, 2.75) is 52.2 Å². The molecule has 2 aromatic rings. The molecule has 1 fully saturated rings. The van der Waals surface area contributed by atoms with Crippen molar-refractivity contribution < 1.29 is 14.3 Å². The van der Waals surface area contributed by atoms with E-state index in [1.807, 2.05) is 38.7 Å². The number of rotatable bonds is 4. The highest BCUT2D eigenvalue weighted by Crippen LogP contribution is 2.30. The average molecular weight is 450 g/mol. The van der Waals surface area contributed by atoms with Crippen molar-refractivity contribution in [2.75, 3.05) is 37.6 Å². The monoisotopic (exact) mass is 449 g/mol. The number of anilines is 1. The SMILES string of the molecule is C[C@@H]1CN(CC(=O)N2CCc3ccc(Cc4ccccc4)cc32)CCN1C(=O)OC(C)(C)C. The van der Waals surface area contributed by atoms with Crippen LogP contribution in [-0.4, -0.2) is 66.2 Å². The Kier molecular flexibility index (Phi) is 6.75. The van der Waals surface area contributed by atoms with Crippen LogP contribution in [0.3, 0.4) is 0 Å². The molecule has 0 radical (unpaired) electrons. The Morgan fingerprint density at radius 3 is 2.45 bits per heavy atom. The lowest BCUT2D eigenvalue weighted by Gasteiger charge is -2.40. The van der Waals surface area contributed by atoms with E-state index in [0.29, 0.717) is 26.2 Å². The lowest BCUT2D eigenvalue weighted by atomic mass is 10.0. The molecule has 1 atom stereocenters. The first kappa shape index (κ1) is 23.3. The van der Waals surface area contributed by atoms with Crippen LogP contribution >= 0.6 is 0 Å². The molecule has 33 heavy (non-hydrogen) atoms. The summed E-state index contributed by atoms with van der Waals surface area (Å²) in [5, 5.41) is 0. The number of nitrogens with zero attached hydrogens (tertiary/aromatic N) is 3. The highest BCUT2D eigenvalue weighted by atomic mass is 16.6. The van der Waals surface area contributed by atoms with Gasteiger partial charge in [0.05, 0.1) is 6.54 Å². The predicted octanol–water partition coefficient (Wildman–Crippen LogP) is 4.11. The van der Waals surface area contributed by atoms with Crippen molar-refractivity contribution >= 4 is 17.7 Å². The van der Waals surface area contributed by atoms with E-state index in [1.165, 1.54) is 16.7 Å². The Morgan fingerprint density at radius 2 is 1.76 bits per heavy atom. The van der Waals surface area contributed by atoms with E-state index >= 15 is 0 Å². The molecular weight excluding hydrogens is 414 g/mol. The minimum absolute atomic E-state index is 0.00439. The number of amides is 2. The normalized spacial score (nSPS) is 18.8. The molecule has 0 bridgehead atoms. The number of hydrogen-bond donors (Lipinski definition) is 0. The fourth-order valence-corrected chi connectivity index (χ4v) is 4.67. The smallest absolute Gasteiger partial charge is 0.410 e. The third-order valence-electron chi connectivity index (χ3n) is 6.30. The summed E-state index contributed by atoms with van der Waals surface area (Å²) < 4.78 is 5.53. The average Bonchev–Trinajstić information content (AvgIpc) is 3.16. The zero-order valence-corrected chi connectivity index (χ0v) is 20.2. The van der Waals surface area contributed by atoms with Gasteiger partial charge in [0.1, 0.15) is 5.60 Å². The molecule has 0 aromatic heterocycles. The van der Waals surface area contributed by atoms with E-state index in [2.05, 4.69) is 47.4 Å². The highest BCUT2D eigenvalue weighted by Gasteiger charge is 2.33. The van der Waals surface area contributed by atoms with Crippen LogP contribution in [0.1, 0.15) is 44.4 Å². The second kappa shape index (κ2) is 9.56. The zero-order chi connectivity index (χ0) is 23.6. The minimum Gasteiger partial charge on any atom is -0.444 e. The molecule has 6 heteroatoms. The van der Waals surface area contributed by atoms with Crippen LogP contribution in [0.25, 0.3) is 0 Å². The Bertz CT molecular complexity index is 999. The summed E-state index contributed by atoms with van der Waals surface area (Å²) in [6.45, 7) is 10.7. The van der Waals surface area contributed by atoms with Gasteiger partial charge in [-0.2, -0.15) is 0 Å². The first-order valence-electron chi connectivity index (χ1n) is 11.9. The lowest BCUT2D eigenvalue weighted by Crippen LogP contribution is -2.56. The van der Waals surface area contributed by atoms with Gasteiger partial charge < -0.3 is 14.5 Å². The molecular formula is C27H35N3O3. The third-order valence-corrected chi connectivity index (χ3v) is 6.30. The summed E-state index contributed by atoms with van der Waals surface area (Å²) >= 11 is 0. The van der Waals surface area contributed by atoms with E-state index in [9.17, 15) is 9.59 Å². The van der Waals surface area contributed by atoms with Crippen LogP contribution in [0, 0.1) is 0 Å². The number of piperazine rings is 1. The first-order chi connectivity index (χ1) is 15.7. The van der Waals surface area contributed by atoms with Gasteiger partial charge in [-0.3, -0.25) is 9.69 Å². The summed E-state index contributed by atoms with van der Waals surface area (Å²) in [6.07, 6.45) is 1.48. The molecule has 1 saturated heterocycles. The number of hydrogen-bond acceptors (Lipinski definition) is 4. The molecule has 6 nitrogen and oxygen atoms in total. The number of carbonyl (C=O) groups is 2. The van der Waals surface area contributed by atoms with Crippen LogP contribution < -0.4 is 4.90 Å². The number of fused-ring (bicyclic) bond motifs is 1. The van der Waals surface area contributed by atoms with Crippen molar-refractivity contribution in [1.82, 2.24) is 9.80 Å². The molecule has 0 saturated carbocycles. The van der Waals surface area contributed by atoms with Gasteiger partial charge in [-0.1, -0.05) is 42.5 Å². The van der Waals surface area contributed by atoms with Crippen molar-refractivity contribution in [3.05, 3.63) is 65.2 Å². The fourth-order valence-electron chi connectivity index (χ4n) is 4.67. The van der Waals surface area contributed by atoms with E-state index in [-0.39, 0.29) is 18.0 Å². The van der Waals surface area contributed by atoms with Crippen LogP contribution in [0.2, 0.25) is 0 Å². The summed E-state index contributed by atoms with van der Waals surface area (Å²) in [5.74, 6) is 0.128. The van der Waals surface area contributed by atoms with Gasteiger partial charge in [-0.25, -0.2) is 4.79 Å². The maximum atomic E-state index is 13.2. The van der Waals surface area contributed by atoms with E-state index in [0.717, 1.165) is 25.1 Å². The predicted molar refractivity (Wildman–Crippen MR) is 131 cm³/mol. The number of carbonyl (C=O) groups excluding carboxylic acids is 2. The van der Waals surface area contributed by atoms with Gasteiger partial charge >= 0.3 is 6.09 Å². The molecule has 2 aliphatic heterocycles. The number of benzene rings is 2. The quantitative estimate of drug-likeness (QED) is 0.705. The summed E-state index contributed by atoms with van der Waals surface area (Å²) in [5.41, 5.74) is 4.27. The standard InChI is InChI=1S/C27H35N3O3/c1-20-18-28(14-15-29(20)26(32)33-27(2,3)4)19-25(31)30-13-12-23-11-10-22(17-24(23)30)16-21-8-6-5-7-9-21/h5-11,17,20H,12-16,18-19H2,1-4H3/t20-/m1/s1. The topological polar surface area (TPSA) is 53.1 Å². The maximum absolute atomic E-state index is 13.2. The molecule has 2 heterocycles. The first-order valence-corrected chi connectivity index (χ1v) is 11.9. The largest absolute Gasteiger partial charge is 0.444 e. The van der Waals surface area contributed by atoms with Crippen molar-refractivity contribution in [3.8, 4) is 0 Å². The van der Waals surface area contributed by atoms with E-state index in [4.69, 9.17) is 4.74 Å². The Morgan fingerprint density at radius 1 is 1.00 bits per heavy atom. The van der Waals surface area contributed by atoms with Crippen molar-refractivity contribution in [2.24, 2.45) is 0 Å². The van der Waals surface area contributed by atoms with Gasteiger partial charge in [0.25, 0.3) is 0 Å². The van der Waals surface area contributed by atoms with Crippen LogP contribution in [-0.2, 0) is 22.4 Å². The molecule has 2 amide bonds. The molecule has 0 N–H and O–H groups in total. The molecule has 4 rings (SSSR count). The minimum atomic E-state index is -0.508. The second-order valence-electron chi connectivity index (χ2n) is 10.2. The highest BCUT2D eigenvalue weighted by molar-refractivity contribution is 5.97. The van der Waals surface area contributed by atoms with E-state index in [1.54, 1.807) is 4.90 Å². The summed E-state index contributed by atoms with van der Waals surface area (Å²) in [4.78, 5) is 31.6. The fraction of sp³-hybridized carbons (Fsp3) is 0.481. The van der Waals surface area contributed by atoms with Crippen LogP contribution in [0.4, 0.5) is 10.5 Å². The van der Waals surface area contributed by atoms with Gasteiger partial charge in [-0.05, 0) is 63.3 Å². The lowest BCUT2D eigenvalue weighted by molar-refractivity contribution is -0.120. The molecule has 0 aliphatic carbocycles. The van der Waals surface area contributed by atoms with Gasteiger partial charge in [0.2, 0.25) is 5.91 Å². The van der Waals surface area contributed by atoms with Crippen LogP contribution in [0.15, 0.2) is 48.5 Å². The van der Waals surface area contributed by atoms with Gasteiger partial charge in [0.15, 0.2) is 0 Å². The summed E-state index contributed by atoms with van der Waals surface area (Å²) in [6, 6.07) is 16.9. The molecule has 2 aromatic carbocycles. The van der Waals surface area contributed by atoms with Crippen LogP contribution in [0.5, 0.6) is 0 Å². The van der Waals surface area contributed by atoms with Crippen molar-refractivity contribution in [3.63, 3.8) is 0 Å². The van der Waals surface area contributed by atoms with E-state index < -0.39 is 5.60 Å². The Labute approximate surface area is 197 Å². The zero-order valence-electron chi connectivity index (χ0n) is 20.2. The van der Waals surface area contributed by atoms with Gasteiger partial charge in [0, 0.05) is 37.9 Å². The Hall–Kier alpha value is -2.86. The Balaban J connectivity index is 1.37. The van der Waals surface area contributed by atoms with Crippen molar-refractivity contribution in [1.29, 1.82) is 0 Å². The number of ether oxygens (including phenoxy) is 1. The molecule has 0 unspecified atom stereocenters. The maximum Gasteiger partial charge on any atom is 0.410 e. The third kappa shape index (κ3) is 5.74. The molecule has 176 valence electrons. The summed E-state index contributed by atoms with van der Waals surface area (Å²) in [7, 11) is 0.